The lowest BCUT2D eigenvalue weighted by molar-refractivity contribution is -0.143. The van der Waals surface area contributed by atoms with Crippen LogP contribution in [0.25, 0.3) is 45.6 Å². The number of fused-ring (bicyclic) bond motifs is 1. The number of aryl methyl sites for hydroxylation is 2. The van der Waals surface area contributed by atoms with E-state index >= 15 is 0 Å². The maximum atomic E-state index is 13.9. The molecule has 0 radical (unpaired) electrons. The van der Waals surface area contributed by atoms with Gasteiger partial charge >= 0.3 is 18.5 Å². The summed E-state index contributed by atoms with van der Waals surface area (Å²) >= 11 is 0. The van der Waals surface area contributed by atoms with E-state index in [0.717, 1.165) is 54.2 Å². The molecule has 0 fully saturated rings. The number of benzene rings is 2. The molecular formula is C74H66F12N16O8. The number of ether oxygens (including phenoxy) is 4. The Morgan fingerprint density at radius 1 is 0.464 bits per heavy atom. The van der Waals surface area contributed by atoms with Crippen molar-refractivity contribution in [3.63, 3.8) is 0 Å². The van der Waals surface area contributed by atoms with Gasteiger partial charge in [0.25, 0.3) is 6.43 Å². The minimum atomic E-state index is -4.86. The number of aldehydes is 3. The highest BCUT2D eigenvalue weighted by molar-refractivity contribution is 6.03. The molecule has 10 aromatic heterocycles. The van der Waals surface area contributed by atoms with Crippen molar-refractivity contribution in [2.45, 2.75) is 117 Å². The van der Waals surface area contributed by atoms with E-state index < -0.39 is 66.4 Å². The minimum Gasteiger partial charge on any atom is -0.488 e. The lowest BCUT2D eigenvalue weighted by Gasteiger charge is -2.15. The summed E-state index contributed by atoms with van der Waals surface area (Å²) in [5.74, 6) is 0.0707. The second kappa shape index (κ2) is 34.9. The molecule has 10 heterocycles. The molecule has 1 aliphatic carbocycles. The summed E-state index contributed by atoms with van der Waals surface area (Å²) in [5, 5.41) is 22.9. The van der Waals surface area contributed by atoms with Crippen molar-refractivity contribution < 1.29 is 90.8 Å². The number of carbonyl (C=O) groups excluding carboxylic acids is 4. The molecule has 2 aromatic carbocycles. The fourth-order valence-corrected chi connectivity index (χ4v) is 11.6. The maximum Gasteiger partial charge on any atom is 0.436 e. The van der Waals surface area contributed by atoms with Gasteiger partial charge in [0.1, 0.15) is 85.6 Å². The van der Waals surface area contributed by atoms with E-state index in [2.05, 4.69) is 78.2 Å². The predicted molar refractivity (Wildman–Crippen MR) is 370 cm³/mol. The van der Waals surface area contributed by atoms with E-state index in [1.165, 1.54) is 75.3 Å². The highest BCUT2D eigenvalue weighted by Gasteiger charge is 2.40. The van der Waals surface area contributed by atoms with Crippen LogP contribution in [0.4, 0.5) is 52.7 Å². The summed E-state index contributed by atoms with van der Waals surface area (Å²) in [5.41, 5.74) is 4.33. The largest absolute Gasteiger partial charge is 0.488 e. The van der Waals surface area contributed by atoms with Gasteiger partial charge < -0.3 is 18.9 Å². The molecule has 12 aromatic rings. The van der Waals surface area contributed by atoms with Crippen LogP contribution in [0.2, 0.25) is 0 Å². The Bertz CT molecular complexity index is 5190. The molecule has 13 rings (SSSR count). The fourth-order valence-electron chi connectivity index (χ4n) is 11.6. The molecule has 0 bridgehead atoms. The van der Waals surface area contributed by atoms with Gasteiger partial charge in [-0.15, -0.1) is 0 Å². The van der Waals surface area contributed by atoms with E-state index in [4.69, 9.17) is 18.9 Å². The average Bonchev–Trinajstić information content (AvgIpc) is 1.63. The normalized spacial score (nSPS) is 12.1. The van der Waals surface area contributed by atoms with Crippen LogP contribution in [0, 0.1) is 5.82 Å². The summed E-state index contributed by atoms with van der Waals surface area (Å²) in [7, 11) is 2.50. The standard InChI is InChI=1S/C21H20FN3O2.C19H19N3O2.C17H13F6N5O2.C17H14F5N5O2/c1-13(2)25-17(9-11-24-25)21-14(4-3-10-23-21)12-27-19-8-6-16(22)15-5-7-18(26)20(15)19;1-14(2)22-17(9-11-21-22)19-18(8-5-10-20-19)24-13-16-7-4-3-6-15(16)12-23;1-27-15(11(7-29)14(26-27)17(21,22)23)30-8-10-3-2-5-24-13(10)12-4-6-25-28(12)9-16(18,19)20;1-26-16(11(7-28)14(25-26)15(18)19)29-8-10-3-2-5-23-13(10)12-4-6-24-27(12)9-17(20,21)22/h3-4,6,8-11,13H,5,7,12H2,1-2H3;3-12,14H,13H2,1-2H3;2-7H,8-9H2,1H3;2-7,15H,8-9H2,1H3. The zero-order chi connectivity index (χ0) is 79.2. The Morgan fingerprint density at radius 3 is 1.40 bits per heavy atom. The SMILES string of the molecule is CC(C)n1nccc1-c1ncccc1COc1ccc(F)c2c1C(=O)CC2.CC(C)n1nccc1-c1ncccc1OCc1ccccc1C=O.Cn1nc(C(F)(F)F)c(C=O)c1OCc1cccnc1-c1ccnn1CC(F)(F)F.Cn1nc(C(F)F)c(C=O)c1OCc1cccnc1-c1ccnn1CC(F)(F)F. The van der Waals surface area contributed by atoms with Crippen LogP contribution in [0.1, 0.15) is 133 Å². The summed E-state index contributed by atoms with van der Waals surface area (Å²) in [6, 6.07) is 30.8. The van der Waals surface area contributed by atoms with Gasteiger partial charge in [0.15, 0.2) is 24.0 Å². The van der Waals surface area contributed by atoms with Crippen molar-refractivity contribution in [2.75, 3.05) is 0 Å². The van der Waals surface area contributed by atoms with Crippen molar-refractivity contribution in [1.29, 1.82) is 0 Å². The van der Waals surface area contributed by atoms with E-state index in [9.17, 15) is 71.9 Å². The van der Waals surface area contributed by atoms with Crippen molar-refractivity contribution in [1.82, 2.24) is 78.6 Å². The average molecular weight is 1540 g/mol. The van der Waals surface area contributed by atoms with Gasteiger partial charge in [0.05, 0.1) is 45.4 Å². The quantitative estimate of drug-likeness (QED) is 0.0402. The number of Topliss-reactive ketones (excluding diaryl/α,β-unsaturated/α-hetero) is 1. The molecule has 0 spiro atoms. The van der Waals surface area contributed by atoms with Crippen LogP contribution in [-0.2, 0) is 66.2 Å². The number of hydrogen-bond donors (Lipinski definition) is 0. The molecule has 0 aliphatic heterocycles. The predicted octanol–water partition coefficient (Wildman–Crippen LogP) is 15.5. The first-order valence-electron chi connectivity index (χ1n) is 33.3. The Balaban J connectivity index is 0.000000156. The van der Waals surface area contributed by atoms with Gasteiger partial charge in [-0.25, -0.2) is 22.5 Å². The van der Waals surface area contributed by atoms with Crippen molar-refractivity contribution >= 4 is 24.6 Å². The molecule has 0 atom stereocenters. The second-order valence-corrected chi connectivity index (χ2v) is 24.6. The number of pyridine rings is 4. The van der Waals surface area contributed by atoms with Crippen LogP contribution >= 0.6 is 0 Å². The highest BCUT2D eigenvalue weighted by atomic mass is 19.4. The zero-order valence-electron chi connectivity index (χ0n) is 59.1. The number of halogens is 12. The van der Waals surface area contributed by atoms with Gasteiger partial charge in [0.2, 0.25) is 11.8 Å². The van der Waals surface area contributed by atoms with Crippen LogP contribution in [0.3, 0.4) is 0 Å². The molecule has 574 valence electrons. The van der Waals surface area contributed by atoms with E-state index in [-0.39, 0.29) is 90.3 Å². The summed E-state index contributed by atoms with van der Waals surface area (Å²) in [4.78, 5) is 62.8. The topological polar surface area (TPSA) is 264 Å². The number of hydrogen-bond acceptors (Lipinski definition) is 18. The lowest BCUT2D eigenvalue weighted by atomic mass is 10.1. The third-order valence-corrected chi connectivity index (χ3v) is 16.4. The molecule has 110 heavy (non-hydrogen) atoms. The second-order valence-electron chi connectivity index (χ2n) is 24.6. The third-order valence-electron chi connectivity index (χ3n) is 16.4. The van der Waals surface area contributed by atoms with Crippen LogP contribution in [0.15, 0.2) is 159 Å². The van der Waals surface area contributed by atoms with Crippen molar-refractivity contribution in [3.05, 3.63) is 226 Å². The zero-order valence-corrected chi connectivity index (χ0v) is 59.1. The van der Waals surface area contributed by atoms with Gasteiger partial charge in [-0.05, 0) is 106 Å². The number of aromatic nitrogens is 16. The summed E-state index contributed by atoms with van der Waals surface area (Å²) in [6.07, 6.45) is -2.94. The minimum absolute atomic E-state index is 0.0201. The van der Waals surface area contributed by atoms with Crippen molar-refractivity contribution in [3.8, 4) is 68.8 Å². The summed E-state index contributed by atoms with van der Waals surface area (Å²) in [6.45, 7) is 5.52. The molecule has 0 amide bonds. The van der Waals surface area contributed by atoms with E-state index in [0.29, 0.717) is 57.9 Å². The third kappa shape index (κ3) is 19.2. The molecule has 24 nitrogen and oxygen atoms in total. The number of alkyl halides is 11. The monoisotopic (exact) mass is 1530 g/mol. The van der Waals surface area contributed by atoms with Crippen molar-refractivity contribution in [2.24, 2.45) is 14.1 Å². The molecule has 36 heteroatoms. The first kappa shape index (κ1) is 79.9. The maximum absolute atomic E-state index is 13.9. The fraction of sp³-hybridized carbons (Fsp3) is 0.270. The van der Waals surface area contributed by atoms with Gasteiger partial charge in [-0.1, -0.05) is 42.5 Å². The van der Waals surface area contributed by atoms with E-state index in [1.807, 2.05) is 64.0 Å². The number of rotatable bonds is 24. The summed E-state index contributed by atoms with van der Waals surface area (Å²) < 4.78 is 185. The number of ketones is 1. The molecule has 0 unspecified atom stereocenters. The first-order chi connectivity index (χ1) is 52.5. The Kier molecular flexibility index (Phi) is 25.4. The molecule has 0 N–H and O–H groups in total. The number of nitrogens with zero attached hydrogens (tertiary/aromatic N) is 16. The number of carbonyl (C=O) groups is 4. The van der Waals surface area contributed by atoms with Gasteiger partial charge in [0, 0.05) is 110 Å². The Hall–Kier alpha value is -12.7. The van der Waals surface area contributed by atoms with Crippen LogP contribution < -0.4 is 18.9 Å². The Labute approximate surface area is 617 Å². The van der Waals surface area contributed by atoms with Crippen LogP contribution in [-0.4, -0.2) is 116 Å². The first-order valence-corrected chi connectivity index (χ1v) is 33.3. The van der Waals surface area contributed by atoms with Gasteiger partial charge in [-0.2, -0.15) is 70.1 Å². The smallest absolute Gasteiger partial charge is 0.436 e. The highest BCUT2D eigenvalue weighted by Crippen LogP contribution is 2.38. The Morgan fingerprint density at radius 2 is 0.900 bits per heavy atom. The van der Waals surface area contributed by atoms with Gasteiger partial charge in [-0.3, -0.25) is 57.8 Å². The molecule has 0 saturated heterocycles. The molecular weight excluding hydrogens is 1470 g/mol. The molecule has 0 saturated carbocycles. The molecule has 1 aliphatic rings. The lowest BCUT2D eigenvalue weighted by Crippen LogP contribution is -2.19. The van der Waals surface area contributed by atoms with E-state index in [1.54, 1.807) is 43.0 Å². The van der Waals surface area contributed by atoms with Crippen LogP contribution in [0.5, 0.6) is 23.3 Å².